The Balaban J connectivity index is 2.24. The molecular weight excluding hydrogens is 504 g/mol. The van der Waals surface area contributed by atoms with Crippen molar-refractivity contribution >= 4 is 35.4 Å². The van der Waals surface area contributed by atoms with Gasteiger partial charge in [-0.05, 0) is 28.6 Å². The Morgan fingerprint density at radius 3 is 2.21 bits per heavy atom. The maximum atomic E-state index is 13.9. The molecule has 1 saturated heterocycles. The summed E-state index contributed by atoms with van der Waals surface area (Å²) in [6.07, 6.45) is 1.59. The standard InChI is InChI=1S/C27H44N6O6/c1-10-11-32(9)23(37)18(14(2)3)30-25(39)31-20(26(4,5)6)24(38)33-13-15-17(27(15,7)8)19(33)22(36)29-12-16(34)21(28)35/h10,14-15,17-20H,1,11-13H2,2-9H3,(H2,28,35)(H,29,36)(H2,30,31,39)/t15-,17-,18-,19-,20+/m0/s1. The summed E-state index contributed by atoms with van der Waals surface area (Å²) in [5, 5.41) is 7.89. The van der Waals surface area contributed by atoms with E-state index in [2.05, 4.69) is 22.5 Å². The molecule has 2 fully saturated rings. The van der Waals surface area contributed by atoms with E-state index in [1.165, 1.54) is 9.80 Å². The van der Waals surface area contributed by atoms with E-state index in [-0.39, 0.29) is 29.1 Å². The van der Waals surface area contributed by atoms with Gasteiger partial charge in [-0.25, -0.2) is 4.79 Å². The summed E-state index contributed by atoms with van der Waals surface area (Å²) in [7, 11) is 1.61. The normalized spacial score (nSPS) is 22.7. The molecule has 218 valence electrons. The van der Waals surface area contributed by atoms with Gasteiger partial charge in [0.05, 0.1) is 6.54 Å². The van der Waals surface area contributed by atoms with Gasteiger partial charge in [-0.3, -0.25) is 24.0 Å². The molecule has 2 rings (SSSR count). The fourth-order valence-electron chi connectivity index (χ4n) is 5.34. The number of Topliss-reactive ketones (excluding diaryl/α,β-unsaturated/α-hetero) is 1. The Morgan fingerprint density at radius 1 is 1.13 bits per heavy atom. The van der Waals surface area contributed by atoms with E-state index in [1.54, 1.807) is 47.7 Å². The molecule has 0 aromatic carbocycles. The summed E-state index contributed by atoms with van der Waals surface area (Å²) in [4.78, 5) is 78.7. The van der Waals surface area contributed by atoms with Crippen LogP contribution >= 0.6 is 0 Å². The van der Waals surface area contributed by atoms with E-state index >= 15 is 0 Å². The molecule has 12 nitrogen and oxygen atoms in total. The predicted octanol–water partition coefficient (Wildman–Crippen LogP) is 0.0229. The van der Waals surface area contributed by atoms with Gasteiger partial charge in [-0.2, -0.15) is 0 Å². The van der Waals surface area contributed by atoms with Gasteiger partial charge in [0.1, 0.15) is 18.1 Å². The van der Waals surface area contributed by atoms with Crippen molar-refractivity contribution < 1.29 is 28.8 Å². The second kappa shape index (κ2) is 11.7. The van der Waals surface area contributed by atoms with Crippen LogP contribution in [0.3, 0.4) is 0 Å². The number of likely N-dealkylation sites (N-methyl/N-ethyl adjacent to an activating group) is 1. The zero-order valence-electron chi connectivity index (χ0n) is 24.3. The maximum absolute atomic E-state index is 13.9. The van der Waals surface area contributed by atoms with E-state index < -0.39 is 59.6 Å². The van der Waals surface area contributed by atoms with E-state index in [1.807, 2.05) is 13.8 Å². The van der Waals surface area contributed by atoms with Crippen LogP contribution in [0.25, 0.3) is 0 Å². The minimum Gasteiger partial charge on any atom is -0.363 e. The zero-order valence-corrected chi connectivity index (χ0v) is 24.3. The molecule has 1 aliphatic carbocycles. The highest BCUT2D eigenvalue weighted by atomic mass is 16.2. The molecule has 0 bridgehead atoms. The van der Waals surface area contributed by atoms with Gasteiger partial charge in [0.25, 0.3) is 5.91 Å². The molecule has 0 unspecified atom stereocenters. The van der Waals surface area contributed by atoms with Gasteiger partial charge < -0.3 is 31.5 Å². The lowest BCUT2D eigenvalue weighted by Gasteiger charge is -2.38. The SMILES string of the molecule is C=CCN(C)C(=O)[C@@H](NC(=O)N[C@H](C(=O)N1C[C@H]2[C@@H]([C@H]1C(=O)NCC(=O)C(N)=O)C2(C)C)C(C)(C)C)C(C)C. The van der Waals surface area contributed by atoms with Crippen molar-refractivity contribution in [1.82, 2.24) is 25.8 Å². The average molecular weight is 549 g/mol. The minimum atomic E-state index is -1.16. The molecule has 0 aromatic heterocycles. The fraction of sp³-hybridized carbons (Fsp3) is 0.704. The number of rotatable bonds is 11. The summed E-state index contributed by atoms with van der Waals surface area (Å²) < 4.78 is 0. The Hall–Kier alpha value is -3.44. The molecule has 2 aliphatic rings. The molecule has 0 aromatic rings. The van der Waals surface area contributed by atoms with Crippen molar-refractivity contribution in [3.8, 4) is 0 Å². The first-order valence-electron chi connectivity index (χ1n) is 13.2. The van der Waals surface area contributed by atoms with E-state index in [9.17, 15) is 28.8 Å². The average Bonchev–Trinajstić information content (AvgIpc) is 3.16. The first-order chi connectivity index (χ1) is 17.9. The van der Waals surface area contributed by atoms with Crippen LogP contribution in [0, 0.1) is 28.6 Å². The first kappa shape index (κ1) is 31.8. The van der Waals surface area contributed by atoms with Gasteiger partial charge >= 0.3 is 6.03 Å². The van der Waals surface area contributed by atoms with Crippen LogP contribution in [0.15, 0.2) is 12.7 Å². The molecular formula is C27H44N6O6. The van der Waals surface area contributed by atoms with Crippen LogP contribution in [0.4, 0.5) is 4.79 Å². The second-order valence-electron chi connectivity index (χ2n) is 12.5. The number of hydrogen-bond acceptors (Lipinski definition) is 6. The summed E-state index contributed by atoms with van der Waals surface area (Å²) in [5.74, 6) is -3.67. The third-order valence-corrected chi connectivity index (χ3v) is 7.85. The van der Waals surface area contributed by atoms with Crippen molar-refractivity contribution in [1.29, 1.82) is 0 Å². The third kappa shape index (κ3) is 6.96. The highest BCUT2D eigenvalue weighted by molar-refractivity contribution is 6.36. The number of piperidine rings is 1. The molecule has 1 heterocycles. The summed E-state index contributed by atoms with van der Waals surface area (Å²) in [6.45, 7) is 16.7. The highest BCUT2D eigenvalue weighted by Gasteiger charge is 2.69. The lowest BCUT2D eigenvalue weighted by Crippen LogP contribution is -2.62. The van der Waals surface area contributed by atoms with Crippen LogP contribution < -0.4 is 21.7 Å². The number of fused-ring (bicyclic) bond motifs is 1. The number of carbonyl (C=O) groups excluding carboxylic acids is 6. The molecule has 39 heavy (non-hydrogen) atoms. The fourth-order valence-corrected chi connectivity index (χ4v) is 5.34. The Labute approximate surface area is 230 Å². The molecule has 5 atom stereocenters. The first-order valence-corrected chi connectivity index (χ1v) is 13.2. The number of amides is 6. The molecule has 0 spiro atoms. The molecule has 0 radical (unpaired) electrons. The number of hydrogen-bond donors (Lipinski definition) is 4. The van der Waals surface area contributed by atoms with Gasteiger partial charge in [0.15, 0.2) is 0 Å². The Bertz CT molecular complexity index is 1030. The minimum absolute atomic E-state index is 0.0711. The second-order valence-corrected chi connectivity index (χ2v) is 12.5. The maximum Gasteiger partial charge on any atom is 0.316 e. The lowest BCUT2D eigenvalue weighted by molar-refractivity contribution is -0.144. The summed E-state index contributed by atoms with van der Waals surface area (Å²) in [5.41, 5.74) is 4.07. The predicted molar refractivity (Wildman–Crippen MR) is 145 cm³/mol. The topological polar surface area (TPSA) is 171 Å². The Kier molecular flexibility index (Phi) is 9.57. The van der Waals surface area contributed by atoms with Gasteiger partial charge in [-0.1, -0.05) is 54.5 Å². The largest absolute Gasteiger partial charge is 0.363 e. The Morgan fingerprint density at radius 2 is 1.72 bits per heavy atom. The van der Waals surface area contributed by atoms with Gasteiger partial charge in [-0.15, -0.1) is 6.58 Å². The van der Waals surface area contributed by atoms with Crippen molar-refractivity contribution in [3.63, 3.8) is 0 Å². The quantitative estimate of drug-likeness (QED) is 0.209. The van der Waals surface area contributed by atoms with Crippen molar-refractivity contribution in [2.75, 3.05) is 26.7 Å². The van der Waals surface area contributed by atoms with Crippen molar-refractivity contribution in [2.24, 2.45) is 34.3 Å². The van der Waals surface area contributed by atoms with Crippen molar-refractivity contribution in [3.05, 3.63) is 12.7 Å². The number of urea groups is 1. The monoisotopic (exact) mass is 548 g/mol. The highest BCUT2D eigenvalue weighted by Crippen LogP contribution is 2.65. The summed E-state index contributed by atoms with van der Waals surface area (Å²) >= 11 is 0. The molecule has 5 N–H and O–H groups in total. The molecule has 12 heteroatoms. The van der Waals surface area contributed by atoms with Gasteiger partial charge in [0, 0.05) is 20.1 Å². The number of nitrogens with two attached hydrogens (primary N) is 1. The molecule has 1 aliphatic heterocycles. The van der Waals surface area contributed by atoms with Crippen LogP contribution in [0.2, 0.25) is 0 Å². The van der Waals surface area contributed by atoms with E-state index in [0.29, 0.717) is 13.1 Å². The van der Waals surface area contributed by atoms with Gasteiger partial charge in [0.2, 0.25) is 23.5 Å². The molecule has 6 amide bonds. The van der Waals surface area contributed by atoms with Crippen LogP contribution in [0.5, 0.6) is 0 Å². The van der Waals surface area contributed by atoms with Crippen LogP contribution in [-0.2, 0) is 24.0 Å². The summed E-state index contributed by atoms with van der Waals surface area (Å²) in [6, 6.07) is -3.40. The number of carbonyl (C=O) groups is 6. The number of nitrogens with zero attached hydrogens (tertiary/aromatic N) is 2. The van der Waals surface area contributed by atoms with Crippen molar-refractivity contribution in [2.45, 2.75) is 66.6 Å². The molecule has 1 saturated carbocycles. The van der Waals surface area contributed by atoms with E-state index in [0.717, 1.165) is 0 Å². The number of likely N-dealkylation sites (tertiary alicyclic amines) is 1. The smallest absolute Gasteiger partial charge is 0.316 e. The van der Waals surface area contributed by atoms with Crippen LogP contribution in [-0.4, -0.2) is 90.1 Å². The number of nitrogens with one attached hydrogen (secondary N) is 3. The zero-order chi connectivity index (χ0) is 30.0. The number of ketones is 1. The third-order valence-electron chi connectivity index (χ3n) is 7.85. The van der Waals surface area contributed by atoms with E-state index in [4.69, 9.17) is 5.73 Å². The lowest BCUT2D eigenvalue weighted by atomic mass is 9.85. The number of primary amides is 1. The van der Waals surface area contributed by atoms with Crippen LogP contribution in [0.1, 0.15) is 48.5 Å².